The molecule has 2 N–H and O–H groups in total. The van der Waals surface area contributed by atoms with E-state index in [1.165, 1.54) is 0 Å². The maximum absolute atomic E-state index is 5.88. The van der Waals surface area contributed by atoms with Gasteiger partial charge in [0.2, 0.25) is 0 Å². The van der Waals surface area contributed by atoms with Crippen LogP contribution in [-0.2, 0) is 0 Å². The van der Waals surface area contributed by atoms with E-state index in [2.05, 4.69) is 6.26 Å². The number of nitrogens with two attached hydrogens (primary N) is 1. The number of thioether (sulfide) groups is 1. The Kier molecular flexibility index (Phi) is 5.49. The van der Waals surface area contributed by atoms with Gasteiger partial charge in [-0.25, -0.2) is 0 Å². The quantitative estimate of drug-likeness (QED) is 0.777. The Balaban J connectivity index is 2.83. The SMILES string of the molecule is COc1ccc(C(C)N)c(OCCSC)c1. The lowest BCUT2D eigenvalue weighted by Gasteiger charge is -2.14. The van der Waals surface area contributed by atoms with Crippen LogP contribution < -0.4 is 15.2 Å². The van der Waals surface area contributed by atoms with Gasteiger partial charge in [-0.15, -0.1) is 0 Å². The van der Waals surface area contributed by atoms with Gasteiger partial charge in [-0.3, -0.25) is 0 Å². The van der Waals surface area contributed by atoms with Crippen molar-refractivity contribution in [3.05, 3.63) is 23.8 Å². The van der Waals surface area contributed by atoms with E-state index in [-0.39, 0.29) is 6.04 Å². The van der Waals surface area contributed by atoms with Crippen molar-refractivity contribution in [2.75, 3.05) is 25.7 Å². The fourth-order valence-corrected chi connectivity index (χ4v) is 1.63. The molecule has 1 aromatic carbocycles. The molecule has 0 aliphatic rings. The minimum atomic E-state index is -0.0322. The van der Waals surface area contributed by atoms with Gasteiger partial charge in [0.15, 0.2) is 0 Å². The Labute approximate surface area is 101 Å². The standard InChI is InChI=1S/C12H19NO2S/c1-9(13)11-5-4-10(14-2)8-12(11)15-6-7-16-3/h4-5,8-9H,6-7,13H2,1-3H3. The molecule has 0 aliphatic heterocycles. The smallest absolute Gasteiger partial charge is 0.127 e. The first-order valence-corrected chi connectivity index (χ1v) is 6.63. The first kappa shape index (κ1) is 13.2. The number of rotatable bonds is 6. The summed E-state index contributed by atoms with van der Waals surface area (Å²) >= 11 is 1.76. The molecule has 0 heterocycles. The average Bonchev–Trinajstić information content (AvgIpc) is 2.29. The number of ether oxygens (including phenoxy) is 2. The van der Waals surface area contributed by atoms with Crippen LogP contribution in [0.4, 0.5) is 0 Å². The van der Waals surface area contributed by atoms with Gasteiger partial charge in [0.25, 0.3) is 0 Å². The highest BCUT2D eigenvalue weighted by Crippen LogP contribution is 2.28. The van der Waals surface area contributed by atoms with E-state index in [4.69, 9.17) is 15.2 Å². The van der Waals surface area contributed by atoms with E-state index in [1.807, 2.05) is 25.1 Å². The second-order valence-electron chi connectivity index (χ2n) is 3.53. The number of hydrogen-bond donors (Lipinski definition) is 1. The zero-order valence-corrected chi connectivity index (χ0v) is 10.8. The fraction of sp³-hybridized carbons (Fsp3) is 0.500. The molecule has 1 aromatic rings. The van der Waals surface area contributed by atoms with E-state index in [9.17, 15) is 0 Å². The summed E-state index contributed by atoms with van der Waals surface area (Å²) in [5, 5.41) is 0. The van der Waals surface area contributed by atoms with Crippen LogP contribution in [0, 0.1) is 0 Å². The zero-order valence-electron chi connectivity index (χ0n) is 10.0. The molecule has 3 nitrogen and oxygen atoms in total. The predicted octanol–water partition coefficient (Wildman–Crippen LogP) is 2.46. The maximum Gasteiger partial charge on any atom is 0.127 e. The molecule has 0 saturated carbocycles. The normalized spacial score (nSPS) is 12.2. The van der Waals surface area contributed by atoms with Crippen molar-refractivity contribution in [1.82, 2.24) is 0 Å². The van der Waals surface area contributed by atoms with Crippen LogP contribution in [0.15, 0.2) is 18.2 Å². The summed E-state index contributed by atoms with van der Waals surface area (Å²) in [5.41, 5.74) is 6.90. The Bertz CT molecular complexity index is 329. The number of hydrogen-bond acceptors (Lipinski definition) is 4. The first-order chi connectivity index (χ1) is 7.69. The summed E-state index contributed by atoms with van der Waals surface area (Å²) in [6.07, 6.45) is 2.06. The van der Waals surface area contributed by atoms with Gasteiger partial charge in [0, 0.05) is 23.4 Å². The van der Waals surface area contributed by atoms with E-state index < -0.39 is 0 Å². The van der Waals surface area contributed by atoms with Gasteiger partial charge in [-0.2, -0.15) is 11.8 Å². The minimum Gasteiger partial charge on any atom is -0.497 e. The predicted molar refractivity (Wildman–Crippen MR) is 69.5 cm³/mol. The van der Waals surface area contributed by atoms with Crippen LogP contribution in [-0.4, -0.2) is 25.7 Å². The van der Waals surface area contributed by atoms with Gasteiger partial charge in [-0.1, -0.05) is 6.07 Å². The minimum absolute atomic E-state index is 0.0322. The highest BCUT2D eigenvalue weighted by Gasteiger charge is 2.09. The molecule has 0 amide bonds. The summed E-state index contributed by atoms with van der Waals surface area (Å²) in [6.45, 7) is 2.64. The molecule has 0 fully saturated rings. The fourth-order valence-electron chi connectivity index (χ4n) is 1.38. The molecule has 0 radical (unpaired) electrons. The van der Waals surface area contributed by atoms with Gasteiger partial charge < -0.3 is 15.2 Å². The molecular formula is C12H19NO2S. The molecule has 0 aromatic heterocycles. The lowest BCUT2D eigenvalue weighted by atomic mass is 10.1. The molecule has 1 unspecified atom stereocenters. The van der Waals surface area contributed by atoms with Crippen molar-refractivity contribution < 1.29 is 9.47 Å². The van der Waals surface area contributed by atoms with Crippen LogP contribution in [0.1, 0.15) is 18.5 Å². The van der Waals surface area contributed by atoms with Gasteiger partial charge >= 0.3 is 0 Å². The Morgan fingerprint density at radius 1 is 1.44 bits per heavy atom. The zero-order chi connectivity index (χ0) is 12.0. The number of benzene rings is 1. The van der Waals surface area contributed by atoms with Crippen molar-refractivity contribution in [3.63, 3.8) is 0 Å². The van der Waals surface area contributed by atoms with Gasteiger partial charge in [0.05, 0.1) is 13.7 Å². The lowest BCUT2D eigenvalue weighted by molar-refractivity contribution is 0.334. The number of methoxy groups -OCH3 is 1. The summed E-state index contributed by atoms with van der Waals surface area (Å²) in [5.74, 6) is 2.59. The molecule has 16 heavy (non-hydrogen) atoms. The Hall–Kier alpha value is -0.870. The van der Waals surface area contributed by atoms with Crippen molar-refractivity contribution in [2.24, 2.45) is 5.73 Å². The van der Waals surface area contributed by atoms with Crippen LogP contribution in [0.2, 0.25) is 0 Å². The molecule has 0 saturated heterocycles. The first-order valence-electron chi connectivity index (χ1n) is 5.24. The molecule has 4 heteroatoms. The van der Waals surface area contributed by atoms with E-state index >= 15 is 0 Å². The largest absolute Gasteiger partial charge is 0.497 e. The highest BCUT2D eigenvalue weighted by molar-refractivity contribution is 7.98. The summed E-state index contributed by atoms with van der Waals surface area (Å²) < 4.78 is 10.9. The van der Waals surface area contributed by atoms with Gasteiger partial charge in [-0.05, 0) is 19.2 Å². The Morgan fingerprint density at radius 2 is 2.19 bits per heavy atom. The summed E-state index contributed by atoms with van der Waals surface area (Å²) in [6, 6.07) is 5.71. The monoisotopic (exact) mass is 241 g/mol. The van der Waals surface area contributed by atoms with Gasteiger partial charge in [0.1, 0.15) is 11.5 Å². The van der Waals surface area contributed by atoms with Crippen molar-refractivity contribution >= 4 is 11.8 Å². The Morgan fingerprint density at radius 3 is 2.75 bits per heavy atom. The topological polar surface area (TPSA) is 44.5 Å². The second kappa shape index (κ2) is 6.66. The molecule has 0 bridgehead atoms. The van der Waals surface area contributed by atoms with Crippen LogP contribution >= 0.6 is 11.8 Å². The van der Waals surface area contributed by atoms with E-state index in [0.717, 1.165) is 22.8 Å². The van der Waals surface area contributed by atoms with Crippen molar-refractivity contribution in [1.29, 1.82) is 0 Å². The van der Waals surface area contributed by atoms with Crippen LogP contribution in [0.5, 0.6) is 11.5 Å². The van der Waals surface area contributed by atoms with Crippen LogP contribution in [0.3, 0.4) is 0 Å². The molecular weight excluding hydrogens is 222 g/mol. The third kappa shape index (κ3) is 3.61. The average molecular weight is 241 g/mol. The summed E-state index contributed by atoms with van der Waals surface area (Å²) in [4.78, 5) is 0. The molecule has 0 aliphatic carbocycles. The molecule has 90 valence electrons. The molecule has 1 atom stereocenters. The molecule has 1 rings (SSSR count). The van der Waals surface area contributed by atoms with Crippen LogP contribution in [0.25, 0.3) is 0 Å². The summed E-state index contributed by atoms with van der Waals surface area (Å²) in [7, 11) is 1.65. The second-order valence-corrected chi connectivity index (χ2v) is 4.52. The molecule has 0 spiro atoms. The van der Waals surface area contributed by atoms with E-state index in [1.54, 1.807) is 18.9 Å². The van der Waals surface area contributed by atoms with E-state index in [0.29, 0.717) is 6.61 Å². The third-order valence-corrected chi connectivity index (χ3v) is 2.83. The van der Waals surface area contributed by atoms with Crippen molar-refractivity contribution in [2.45, 2.75) is 13.0 Å². The lowest BCUT2D eigenvalue weighted by Crippen LogP contribution is -2.09. The highest BCUT2D eigenvalue weighted by atomic mass is 32.2. The third-order valence-electron chi connectivity index (χ3n) is 2.26. The van der Waals surface area contributed by atoms with Crippen molar-refractivity contribution in [3.8, 4) is 11.5 Å². The maximum atomic E-state index is 5.88.